The third-order valence-electron chi connectivity index (χ3n) is 2.76. The van der Waals surface area contributed by atoms with E-state index in [0.717, 1.165) is 9.37 Å². The number of nitrogens with one attached hydrogen (secondary N) is 2. The Bertz CT molecular complexity index is 514. The summed E-state index contributed by atoms with van der Waals surface area (Å²) in [7, 11) is 0. The van der Waals surface area contributed by atoms with Crippen LogP contribution in [-0.4, -0.2) is 35.3 Å². The fraction of sp³-hybridized carbons (Fsp3) is 0.250. The van der Waals surface area contributed by atoms with Gasteiger partial charge in [-0.2, -0.15) is 0 Å². The molecule has 1 atom stereocenters. The van der Waals surface area contributed by atoms with E-state index in [4.69, 9.17) is 0 Å². The molecule has 0 radical (unpaired) electrons. The highest BCUT2D eigenvalue weighted by atomic mass is 79.9. The molecule has 1 aliphatic heterocycles. The Morgan fingerprint density at radius 3 is 2.53 bits per heavy atom. The lowest BCUT2D eigenvalue weighted by Gasteiger charge is -2.20. The Morgan fingerprint density at radius 1 is 1.37 bits per heavy atom. The van der Waals surface area contributed by atoms with Gasteiger partial charge in [0.25, 0.3) is 5.91 Å². The molecule has 0 aromatic heterocycles. The Labute approximate surface area is 118 Å². The lowest BCUT2D eigenvalue weighted by atomic mass is 10.2. The zero-order valence-electron chi connectivity index (χ0n) is 10.1. The van der Waals surface area contributed by atoms with Gasteiger partial charge in [0.05, 0.1) is 6.54 Å². The van der Waals surface area contributed by atoms with Gasteiger partial charge in [0, 0.05) is 10.2 Å². The van der Waals surface area contributed by atoms with Crippen molar-refractivity contribution in [3.63, 3.8) is 0 Å². The molecule has 6 nitrogen and oxygen atoms in total. The fourth-order valence-electron chi connectivity index (χ4n) is 1.72. The highest BCUT2D eigenvalue weighted by Crippen LogP contribution is 2.15. The molecule has 0 spiro atoms. The van der Waals surface area contributed by atoms with Gasteiger partial charge >= 0.3 is 6.03 Å². The summed E-state index contributed by atoms with van der Waals surface area (Å²) < 4.78 is 0.896. The van der Waals surface area contributed by atoms with E-state index < -0.39 is 23.9 Å². The van der Waals surface area contributed by atoms with Gasteiger partial charge in [0.15, 0.2) is 0 Å². The average Bonchev–Trinajstić information content (AvgIpc) is 2.71. The van der Waals surface area contributed by atoms with Gasteiger partial charge in [-0.3, -0.25) is 14.5 Å². The first-order valence-electron chi connectivity index (χ1n) is 5.65. The molecule has 4 amide bonds. The molecular formula is C12H12BrN3O3. The summed E-state index contributed by atoms with van der Waals surface area (Å²) in [6, 6.07) is 5.63. The van der Waals surface area contributed by atoms with Crippen molar-refractivity contribution in [3.05, 3.63) is 28.7 Å². The number of urea groups is 1. The van der Waals surface area contributed by atoms with Crippen LogP contribution in [0.2, 0.25) is 0 Å². The Balaban J connectivity index is 2.05. The second-order valence-electron chi connectivity index (χ2n) is 4.09. The van der Waals surface area contributed by atoms with Gasteiger partial charge in [-0.15, -0.1) is 0 Å². The average molecular weight is 326 g/mol. The minimum atomic E-state index is -0.848. The molecule has 1 heterocycles. The summed E-state index contributed by atoms with van der Waals surface area (Å²) in [6.45, 7) is 1.45. The number of halogens is 1. The lowest BCUT2D eigenvalue weighted by Crippen LogP contribution is -2.45. The molecule has 1 aromatic rings. The molecule has 100 valence electrons. The molecule has 1 saturated heterocycles. The Morgan fingerprint density at radius 2 is 2.00 bits per heavy atom. The van der Waals surface area contributed by atoms with Gasteiger partial charge < -0.3 is 10.6 Å². The first-order valence-corrected chi connectivity index (χ1v) is 6.44. The number of carbonyl (C=O) groups excluding carboxylic acids is 3. The van der Waals surface area contributed by atoms with E-state index in [1.807, 2.05) is 0 Å². The largest absolute Gasteiger partial charge is 0.329 e. The topological polar surface area (TPSA) is 78.5 Å². The third-order valence-corrected chi connectivity index (χ3v) is 3.29. The van der Waals surface area contributed by atoms with Crippen LogP contribution < -0.4 is 10.6 Å². The van der Waals surface area contributed by atoms with Crippen molar-refractivity contribution in [1.29, 1.82) is 0 Å². The zero-order valence-corrected chi connectivity index (χ0v) is 11.7. The van der Waals surface area contributed by atoms with Crippen molar-refractivity contribution in [3.8, 4) is 0 Å². The molecule has 0 aliphatic carbocycles. The second-order valence-corrected chi connectivity index (χ2v) is 5.01. The van der Waals surface area contributed by atoms with Crippen molar-refractivity contribution >= 4 is 39.5 Å². The summed E-state index contributed by atoms with van der Waals surface area (Å²) in [4.78, 5) is 35.8. The quantitative estimate of drug-likeness (QED) is 0.823. The first kappa shape index (κ1) is 13.5. The van der Waals surface area contributed by atoms with Crippen molar-refractivity contribution in [2.75, 3.05) is 11.9 Å². The standard InChI is InChI=1S/C12H12BrN3O3/c1-7(16-10(17)6-14-12(16)19)11(18)15-9-4-2-8(13)3-5-9/h2-5,7H,6H2,1H3,(H,14,19)(H,15,18). The van der Waals surface area contributed by atoms with Crippen LogP contribution in [0.15, 0.2) is 28.7 Å². The summed E-state index contributed by atoms with van der Waals surface area (Å²) >= 11 is 3.29. The molecular weight excluding hydrogens is 314 g/mol. The van der Waals surface area contributed by atoms with Crippen molar-refractivity contribution in [2.45, 2.75) is 13.0 Å². The number of hydrogen-bond acceptors (Lipinski definition) is 3. The highest BCUT2D eigenvalue weighted by molar-refractivity contribution is 9.10. The molecule has 1 aromatic carbocycles. The number of nitrogens with zero attached hydrogens (tertiary/aromatic N) is 1. The summed E-state index contributed by atoms with van der Waals surface area (Å²) in [5.41, 5.74) is 0.604. The van der Waals surface area contributed by atoms with E-state index in [1.54, 1.807) is 24.3 Å². The molecule has 7 heteroatoms. The van der Waals surface area contributed by atoms with Gasteiger partial charge in [-0.05, 0) is 31.2 Å². The molecule has 1 aliphatic rings. The molecule has 1 fully saturated rings. The molecule has 19 heavy (non-hydrogen) atoms. The van der Waals surface area contributed by atoms with E-state index in [1.165, 1.54) is 6.92 Å². The number of carbonyl (C=O) groups is 3. The molecule has 2 N–H and O–H groups in total. The minimum Gasteiger partial charge on any atom is -0.329 e. The molecule has 0 bridgehead atoms. The monoisotopic (exact) mass is 325 g/mol. The van der Waals surface area contributed by atoms with Crippen LogP contribution in [0.5, 0.6) is 0 Å². The van der Waals surface area contributed by atoms with Crippen LogP contribution in [0.4, 0.5) is 10.5 Å². The van der Waals surface area contributed by atoms with E-state index >= 15 is 0 Å². The van der Waals surface area contributed by atoms with Crippen LogP contribution in [0.1, 0.15) is 6.92 Å². The maximum absolute atomic E-state index is 12.0. The maximum Gasteiger partial charge on any atom is 0.325 e. The predicted octanol–water partition coefficient (Wildman–Crippen LogP) is 1.33. The van der Waals surface area contributed by atoms with Crippen LogP contribution >= 0.6 is 15.9 Å². The van der Waals surface area contributed by atoms with Gasteiger partial charge in [-0.1, -0.05) is 15.9 Å². The Hall–Kier alpha value is -1.89. The smallest absolute Gasteiger partial charge is 0.325 e. The van der Waals surface area contributed by atoms with Gasteiger partial charge in [0.1, 0.15) is 6.04 Å². The minimum absolute atomic E-state index is 0.0608. The molecule has 2 rings (SSSR count). The van der Waals surface area contributed by atoms with Crippen LogP contribution in [0.25, 0.3) is 0 Å². The number of amides is 4. The number of imide groups is 1. The normalized spacial score (nSPS) is 16.2. The predicted molar refractivity (Wildman–Crippen MR) is 72.5 cm³/mol. The van der Waals surface area contributed by atoms with E-state index in [-0.39, 0.29) is 6.54 Å². The second kappa shape index (κ2) is 5.40. The first-order chi connectivity index (χ1) is 8.99. The van der Waals surface area contributed by atoms with Crippen LogP contribution in [-0.2, 0) is 9.59 Å². The SMILES string of the molecule is CC(C(=O)Nc1ccc(Br)cc1)N1C(=O)CNC1=O. The fourth-order valence-corrected chi connectivity index (χ4v) is 1.99. The highest BCUT2D eigenvalue weighted by Gasteiger charge is 2.36. The summed E-state index contributed by atoms with van der Waals surface area (Å²) in [5, 5.41) is 5.03. The number of rotatable bonds is 3. The lowest BCUT2D eigenvalue weighted by molar-refractivity contribution is -0.131. The van der Waals surface area contributed by atoms with Crippen molar-refractivity contribution < 1.29 is 14.4 Å². The van der Waals surface area contributed by atoms with Crippen molar-refractivity contribution in [2.24, 2.45) is 0 Å². The van der Waals surface area contributed by atoms with E-state index in [0.29, 0.717) is 5.69 Å². The molecule has 1 unspecified atom stereocenters. The Kier molecular flexibility index (Phi) is 3.84. The van der Waals surface area contributed by atoms with Gasteiger partial charge in [0.2, 0.25) is 5.91 Å². The maximum atomic E-state index is 12.0. The van der Waals surface area contributed by atoms with Crippen LogP contribution in [0, 0.1) is 0 Å². The summed E-state index contributed by atoms with van der Waals surface area (Å²) in [6.07, 6.45) is 0. The third kappa shape index (κ3) is 2.93. The number of anilines is 1. The van der Waals surface area contributed by atoms with Crippen molar-refractivity contribution in [1.82, 2.24) is 10.2 Å². The molecule has 0 saturated carbocycles. The number of benzene rings is 1. The zero-order chi connectivity index (χ0) is 14.0. The van der Waals surface area contributed by atoms with E-state index in [2.05, 4.69) is 26.6 Å². The van der Waals surface area contributed by atoms with Crippen LogP contribution in [0.3, 0.4) is 0 Å². The summed E-state index contributed by atoms with van der Waals surface area (Å²) in [5.74, 6) is -0.809. The van der Waals surface area contributed by atoms with E-state index in [9.17, 15) is 14.4 Å². The van der Waals surface area contributed by atoms with Gasteiger partial charge in [-0.25, -0.2) is 4.79 Å². The number of hydrogen-bond donors (Lipinski definition) is 2.